The van der Waals surface area contributed by atoms with Gasteiger partial charge in [-0.1, -0.05) is 36.8 Å². The number of fused-ring (bicyclic) bond motifs is 3. The number of pyridine rings is 1. The van der Waals surface area contributed by atoms with E-state index in [9.17, 15) is 14.7 Å². The molecule has 3 aliphatic rings. The van der Waals surface area contributed by atoms with Gasteiger partial charge in [0.25, 0.3) is 0 Å². The predicted octanol–water partition coefficient (Wildman–Crippen LogP) is 8.40. The Morgan fingerprint density at radius 2 is 1.65 bits per heavy atom. The second-order valence-electron chi connectivity index (χ2n) is 13.2. The standard InChI is InChI=1S/C41H41N3O4/c1-4-28-23-33-38(41(47)44(40(33)46)32-16-14-31(15-17-32)43-30-10-6-5-7-11-30)34-24-48-36(37(28)34)18-13-29(35-12-8-9-19-42-35)22-27-20-25(2)39(45)26(3)21-27/h5-12,14-17,19-22,33-34,36,38,43,45H,4,13,18,23-24H2,1-3H3/b29-22-/t33-,34+,36-,38-/m1/s1. The van der Waals surface area contributed by atoms with E-state index in [4.69, 9.17) is 4.74 Å². The third-order valence-corrected chi connectivity index (χ3v) is 10.1. The van der Waals surface area contributed by atoms with E-state index in [1.54, 1.807) is 6.20 Å². The van der Waals surface area contributed by atoms with Gasteiger partial charge < -0.3 is 15.2 Å². The van der Waals surface area contributed by atoms with Crippen LogP contribution in [0.3, 0.4) is 0 Å². The van der Waals surface area contributed by atoms with Gasteiger partial charge in [-0.05, 0) is 134 Å². The van der Waals surface area contributed by atoms with Crippen molar-refractivity contribution >= 4 is 40.5 Å². The van der Waals surface area contributed by atoms with E-state index in [2.05, 4.69) is 23.3 Å². The molecule has 4 aromatic rings. The van der Waals surface area contributed by atoms with Crippen molar-refractivity contribution in [3.8, 4) is 5.75 Å². The number of phenolic OH excluding ortho intramolecular Hbond substituents is 1. The van der Waals surface area contributed by atoms with Crippen LogP contribution in [-0.4, -0.2) is 34.6 Å². The minimum Gasteiger partial charge on any atom is -0.507 e. The Balaban J connectivity index is 1.11. The summed E-state index contributed by atoms with van der Waals surface area (Å²) >= 11 is 0. The molecule has 2 saturated heterocycles. The molecule has 0 unspecified atom stereocenters. The first-order valence-electron chi connectivity index (χ1n) is 16.9. The number of imide groups is 1. The molecule has 7 heteroatoms. The summed E-state index contributed by atoms with van der Waals surface area (Å²) in [5.41, 5.74) is 9.62. The van der Waals surface area contributed by atoms with Gasteiger partial charge >= 0.3 is 0 Å². The van der Waals surface area contributed by atoms with Gasteiger partial charge in [-0.2, -0.15) is 0 Å². The lowest BCUT2D eigenvalue weighted by molar-refractivity contribution is -0.122. The van der Waals surface area contributed by atoms with Gasteiger partial charge in [0.05, 0.1) is 35.9 Å². The van der Waals surface area contributed by atoms with Gasteiger partial charge in [0.2, 0.25) is 11.8 Å². The molecule has 4 atom stereocenters. The van der Waals surface area contributed by atoms with Crippen LogP contribution in [0.2, 0.25) is 0 Å². The summed E-state index contributed by atoms with van der Waals surface area (Å²) in [7, 11) is 0. The number of amides is 2. The summed E-state index contributed by atoms with van der Waals surface area (Å²) in [6.07, 6.45) is 6.72. The Morgan fingerprint density at radius 3 is 2.33 bits per heavy atom. The van der Waals surface area contributed by atoms with Crippen molar-refractivity contribution in [2.45, 2.75) is 52.6 Å². The number of nitrogens with one attached hydrogen (secondary N) is 1. The smallest absolute Gasteiger partial charge is 0.238 e. The predicted molar refractivity (Wildman–Crippen MR) is 190 cm³/mol. The van der Waals surface area contributed by atoms with Gasteiger partial charge in [0, 0.05) is 23.5 Å². The zero-order valence-electron chi connectivity index (χ0n) is 27.6. The lowest BCUT2D eigenvalue weighted by Crippen LogP contribution is -2.34. The van der Waals surface area contributed by atoms with Gasteiger partial charge in [-0.15, -0.1) is 0 Å². The minimum atomic E-state index is -0.413. The maximum atomic E-state index is 14.1. The summed E-state index contributed by atoms with van der Waals surface area (Å²) in [4.78, 5) is 34.0. The average molecular weight is 640 g/mol. The molecule has 0 spiro atoms. The first-order chi connectivity index (χ1) is 23.3. The number of para-hydroxylation sites is 1. The first-order valence-corrected chi connectivity index (χ1v) is 16.9. The largest absolute Gasteiger partial charge is 0.507 e. The molecule has 244 valence electrons. The number of allylic oxidation sites excluding steroid dienone is 2. The van der Waals surface area contributed by atoms with Crippen molar-refractivity contribution in [1.82, 2.24) is 4.98 Å². The van der Waals surface area contributed by atoms with Crippen LogP contribution in [0.4, 0.5) is 17.1 Å². The minimum absolute atomic E-state index is 0.103. The molecular weight excluding hydrogens is 598 g/mol. The molecular formula is C41H41N3O4. The van der Waals surface area contributed by atoms with Crippen LogP contribution < -0.4 is 10.2 Å². The lowest BCUT2D eigenvalue weighted by atomic mass is 9.69. The van der Waals surface area contributed by atoms with E-state index in [0.29, 0.717) is 24.5 Å². The quantitative estimate of drug-likeness (QED) is 0.141. The fraction of sp³-hybridized carbons (Fsp3) is 0.293. The van der Waals surface area contributed by atoms with E-state index in [0.717, 1.165) is 58.6 Å². The topological polar surface area (TPSA) is 91.8 Å². The van der Waals surface area contributed by atoms with Crippen LogP contribution in [0.25, 0.3) is 11.6 Å². The monoisotopic (exact) mass is 639 g/mol. The Bertz CT molecular complexity index is 1880. The summed E-state index contributed by atoms with van der Waals surface area (Å²) in [6.45, 7) is 6.41. The number of benzene rings is 3. The maximum absolute atomic E-state index is 14.1. The highest BCUT2D eigenvalue weighted by Crippen LogP contribution is 2.51. The highest BCUT2D eigenvalue weighted by atomic mass is 16.5. The number of nitrogens with zero attached hydrogens (tertiary/aromatic N) is 2. The van der Waals surface area contributed by atoms with Crippen molar-refractivity contribution in [1.29, 1.82) is 0 Å². The van der Waals surface area contributed by atoms with Crippen molar-refractivity contribution in [3.05, 3.63) is 125 Å². The molecule has 0 saturated carbocycles. The molecule has 1 aromatic heterocycles. The molecule has 0 radical (unpaired) electrons. The Hall–Kier alpha value is -5.01. The number of rotatable bonds is 9. The molecule has 2 aliphatic heterocycles. The first kappa shape index (κ1) is 31.6. The van der Waals surface area contributed by atoms with Crippen molar-refractivity contribution in [3.63, 3.8) is 0 Å². The van der Waals surface area contributed by atoms with Crippen molar-refractivity contribution in [2.24, 2.45) is 17.8 Å². The van der Waals surface area contributed by atoms with Crippen molar-refractivity contribution < 1.29 is 19.4 Å². The van der Waals surface area contributed by atoms with E-state index < -0.39 is 5.92 Å². The third-order valence-electron chi connectivity index (χ3n) is 10.1. The number of phenols is 1. The number of aromatic hydroxyl groups is 1. The fourth-order valence-corrected chi connectivity index (χ4v) is 7.84. The zero-order chi connectivity index (χ0) is 33.4. The Labute approximate surface area is 282 Å². The highest BCUT2D eigenvalue weighted by Gasteiger charge is 2.57. The molecule has 2 fully saturated rings. The normalized spacial score (nSPS) is 22.2. The molecule has 3 aromatic carbocycles. The molecule has 48 heavy (non-hydrogen) atoms. The number of carbonyl (C=O) groups excluding carboxylic acids is 2. The molecule has 2 N–H and O–H groups in total. The van der Waals surface area contributed by atoms with Crippen LogP contribution in [-0.2, 0) is 14.3 Å². The Kier molecular flexibility index (Phi) is 8.71. The lowest BCUT2D eigenvalue weighted by Gasteiger charge is -2.31. The Morgan fingerprint density at radius 1 is 0.938 bits per heavy atom. The number of hydrogen-bond acceptors (Lipinski definition) is 6. The van der Waals surface area contributed by atoms with E-state index >= 15 is 0 Å². The summed E-state index contributed by atoms with van der Waals surface area (Å²) < 4.78 is 6.50. The van der Waals surface area contributed by atoms with Crippen molar-refractivity contribution in [2.75, 3.05) is 16.8 Å². The molecule has 7 nitrogen and oxygen atoms in total. The van der Waals surface area contributed by atoms with Crippen LogP contribution in [0.5, 0.6) is 5.75 Å². The highest BCUT2D eigenvalue weighted by molar-refractivity contribution is 6.22. The van der Waals surface area contributed by atoms with E-state index in [1.165, 1.54) is 16.0 Å². The van der Waals surface area contributed by atoms with Gasteiger partial charge in [-0.25, -0.2) is 0 Å². The van der Waals surface area contributed by atoms with Gasteiger partial charge in [0.1, 0.15) is 5.75 Å². The van der Waals surface area contributed by atoms with Gasteiger partial charge in [-0.3, -0.25) is 19.5 Å². The van der Waals surface area contributed by atoms with E-state index in [-0.39, 0.29) is 29.8 Å². The summed E-state index contributed by atoms with van der Waals surface area (Å²) in [5.74, 6) is -0.791. The molecule has 2 amide bonds. The second-order valence-corrected chi connectivity index (χ2v) is 13.2. The SMILES string of the molecule is CCC1=C2[C@@H](CC/C(=C/c3cc(C)c(O)c(C)c3)c3ccccn3)OC[C@@H]2[C@@H]2C(=O)N(c3ccc(Nc4ccccc4)cc3)C(=O)[C@@H]2C1. The molecule has 1 aliphatic carbocycles. The summed E-state index contributed by atoms with van der Waals surface area (Å²) in [6, 6.07) is 27.3. The van der Waals surface area contributed by atoms with Gasteiger partial charge in [0.15, 0.2) is 0 Å². The second kappa shape index (κ2) is 13.2. The van der Waals surface area contributed by atoms with Crippen LogP contribution in [0, 0.1) is 31.6 Å². The van der Waals surface area contributed by atoms with Crippen LogP contribution in [0.15, 0.2) is 102 Å². The van der Waals surface area contributed by atoms with E-state index in [1.807, 2.05) is 98.8 Å². The fourth-order valence-electron chi connectivity index (χ4n) is 7.84. The average Bonchev–Trinajstić information content (AvgIpc) is 3.64. The number of aryl methyl sites for hydroxylation is 2. The third kappa shape index (κ3) is 5.95. The number of aromatic nitrogens is 1. The zero-order valence-corrected chi connectivity index (χ0v) is 27.6. The number of hydrogen-bond donors (Lipinski definition) is 2. The number of carbonyl (C=O) groups is 2. The van der Waals surface area contributed by atoms with Crippen LogP contribution >= 0.6 is 0 Å². The molecule has 7 rings (SSSR count). The molecule has 3 heterocycles. The maximum Gasteiger partial charge on any atom is 0.238 e. The number of anilines is 3. The number of ether oxygens (including phenoxy) is 1. The molecule has 0 bridgehead atoms. The summed E-state index contributed by atoms with van der Waals surface area (Å²) in [5, 5.41) is 13.7. The van der Waals surface area contributed by atoms with Crippen LogP contribution in [0.1, 0.15) is 55.0 Å².